The molecule has 1 aliphatic carbocycles. The van der Waals surface area contributed by atoms with Crippen molar-refractivity contribution in [1.29, 1.82) is 0 Å². The first-order valence-corrected chi connectivity index (χ1v) is 5.89. The van der Waals surface area contributed by atoms with Gasteiger partial charge < -0.3 is 15.5 Å². The summed E-state index contributed by atoms with van der Waals surface area (Å²) in [6.45, 7) is 1.33. The first kappa shape index (κ1) is 11.4. The van der Waals surface area contributed by atoms with Crippen LogP contribution < -0.4 is 5.32 Å². The van der Waals surface area contributed by atoms with Crippen molar-refractivity contribution < 1.29 is 10.2 Å². The summed E-state index contributed by atoms with van der Waals surface area (Å²) in [5, 5.41) is 22.7. The van der Waals surface area contributed by atoms with Crippen molar-refractivity contribution in [2.45, 2.75) is 37.8 Å². The summed E-state index contributed by atoms with van der Waals surface area (Å²) in [5.41, 5.74) is 0.540. The van der Waals surface area contributed by atoms with Crippen LogP contribution in [0.3, 0.4) is 0 Å². The Kier molecular flexibility index (Phi) is 3.46. The van der Waals surface area contributed by atoms with Crippen molar-refractivity contribution in [3.05, 3.63) is 29.8 Å². The zero-order valence-electron chi connectivity index (χ0n) is 9.45. The predicted molar refractivity (Wildman–Crippen MR) is 63.2 cm³/mol. The Morgan fingerprint density at radius 2 is 2.00 bits per heavy atom. The maximum Gasteiger partial charge on any atom is 0.115 e. The van der Waals surface area contributed by atoms with Crippen LogP contribution in [0.4, 0.5) is 0 Å². The topological polar surface area (TPSA) is 52.5 Å². The average Bonchev–Trinajstić information content (AvgIpc) is 2.65. The number of rotatable bonds is 4. The lowest BCUT2D eigenvalue weighted by atomic mass is 10.0. The molecule has 1 fully saturated rings. The SMILES string of the molecule is Oc1cccc(CNCC2(O)CCCC2)c1. The molecular weight excluding hydrogens is 202 g/mol. The second-order valence-electron chi connectivity index (χ2n) is 4.70. The smallest absolute Gasteiger partial charge is 0.115 e. The number of aliphatic hydroxyl groups is 1. The molecule has 0 saturated heterocycles. The number of hydrogen-bond donors (Lipinski definition) is 3. The zero-order chi connectivity index (χ0) is 11.4. The lowest BCUT2D eigenvalue weighted by Gasteiger charge is -2.22. The average molecular weight is 221 g/mol. The van der Waals surface area contributed by atoms with E-state index in [4.69, 9.17) is 0 Å². The predicted octanol–water partition coefficient (Wildman–Crippen LogP) is 1.79. The minimum atomic E-state index is -0.503. The third kappa shape index (κ3) is 2.97. The number of hydrogen-bond acceptors (Lipinski definition) is 3. The highest BCUT2D eigenvalue weighted by Crippen LogP contribution is 2.28. The van der Waals surface area contributed by atoms with Gasteiger partial charge in [0.25, 0.3) is 0 Å². The van der Waals surface area contributed by atoms with Crippen LogP contribution in [-0.2, 0) is 6.54 Å². The van der Waals surface area contributed by atoms with Gasteiger partial charge in [0.1, 0.15) is 5.75 Å². The van der Waals surface area contributed by atoms with Gasteiger partial charge in [0, 0.05) is 13.1 Å². The molecule has 0 unspecified atom stereocenters. The summed E-state index contributed by atoms with van der Waals surface area (Å²) in [6, 6.07) is 7.20. The van der Waals surface area contributed by atoms with E-state index in [1.165, 1.54) is 0 Å². The molecule has 0 heterocycles. The van der Waals surface area contributed by atoms with Crippen LogP contribution in [0, 0.1) is 0 Å². The van der Waals surface area contributed by atoms with Gasteiger partial charge in [-0.3, -0.25) is 0 Å². The summed E-state index contributed by atoms with van der Waals surface area (Å²) in [6.07, 6.45) is 4.06. The molecule has 1 saturated carbocycles. The van der Waals surface area contributed by atoms with Gasteiger partial charge in [-0.25, -0.2) is 0 Å². The van der Waals surface area contributed by atoms with E-state index < -0.39 is 5.60 Å². The molecule has 88 valence electrons. The number of phenolic OH excluding ortho intramolecular Hbond substituents is 1. The molecule has 3 N–H and O–H groups in total. The molecule has 0 atom stereocenters. The molecule has 16 heavy (non-hydrogen) atoms. The van der Waals surface area contributed by atoms with Gasteiger partial charge in [-0.2, -0.15) is 0 Å². The fourth-order valence-electron chi connectivity index (χ4n) is 2.32. The van der Waals surface area contributed by atoms with Crippen LogP contribution in [0.5, 0.6) is 5.75 Å². The largest absolute Gasteiger partial charge is 0.508 e. The summed E-state index contributed by atoms with van der Waals surface area (Å²) < 4.78 is 0. The van der Waals surface area contributed by atoms with Gasteiger partial charge in [-0.1, -0.05) is 25.0 Å². The van der Waals surface area contributed by atoms with Crippen molar-refractivity contribution >= 4 is 0 Å². The number of nitrogens with one attached hydrogen (secondary N) is 1. The van der Waals surface area contributed by atoms with E-state index in [9.17, 15) is 10.2 Å². The lowest BCUT2D eigenvalue weighted by Crippen LogP contribution is -2.37. The highest BCUT2D eigenvalue weighted by Gasteiger charge is 2.30. The van der Waals surface area contributed by atoms with Crippen LogP contribution in [0.2, 0.25) is 0 Å². The third-order valence-electron chi connectivity index (χ3n) is 3.23. The van der Waals surface area contributed by atoms with Gasteiger partial charge in [0.2, 0.25) is 0 Å². The van der Waals surface area contributed by atoms with Gasteiger partial charge >= 0.3 is 0 Å². The first-order chi connectivity index (χ1) is 7.68. The van der Waals surface area contributed by atoms with E-state index in [0.29, 0.717) is 18.8 Å². The van der Waals surface area contributed by atoms with Crippen LogP contribution in [-0.4, -0.2) is 22.4 Å². The van der Waals surface area contributed by atoms with E-state index in [1.807, 2.05) is 12.1 Å². The van der Waals surface area contributed by atoms with Crippen LogP contribution in [0.1, 0.15) is 31.2 Å². The normalized spacial score (nSPS) is 18.8. The number of phenols is 1. The maximum atomic E-state index is 10.1. The highest BCUT2D eigenvalue weighted by atomic mass is 16.3. The van der Waals surface area contributed by atoms with Crippen LogP contribution >= 0.6 is 0 Å². The van der Waals surface area contributed by atoms with E-state index in [1.54, 1.807) is 12.1 Å². The Labute approximate surface area is 96.1 Å². The fourth-order valence-corrected chi connectivity index (χ4v) is 2.32. The molecule has 1 aromatic carbocycles. The molecule has 3 heteroatoms. The van der Waals surface area contributed by atoms with Gasteiger partial charge in [-0.05, 0) is 30.5 Å². The monoisotopic (exact) mass is 221 g/mol. The molecule has 0 aromatic heterocycles. The maximum absolute atomic E-state index is 10.1. The quantitative estimate of drug-likeness (QED) is 0.726. The lowest BCUT2D eigenvalue weighted by molar-refractivity contribution is 0.0475. The van der Waals surface area contributed by atoms with Crippen LogP contribution in [0.25, 0.3) is 0 Å². The Morgan fingerprint density at radius 3 is 2.69 bits per heavy atom. The van der Waals surface area contributed by atoms with Crippen molar-refractivity contribution in [2.75, 3.05) is 6.54 Å². The van der Waals surface area contributed by atoms with E-state index >= 15 is 0 Å². The molecule has 3 nitrogen and oxygen atoms in total. The van der Waals surface area contributed by atoms with E-state index in [2.05, 4.69) is 5.32 Å². The molecule has 1 aromatic rings. The molecule has 0 bridgehead atoms. The summed E-state index contributed by atoms with van der Waals surface area (Å²) >= 11 is 0. The van der Waals surface area contributed by atoms with Gasteiger partial charge in [0.05, 0.1) is 5.60 Å². The summed E-state index contributed by atoms with van der Waals surface area (Å²) in [7, 11) is 0. The first-order valence-electron chi connectivity index (χ1n) is 5.89. The van der Waals surface area contributed by atoms with E-state index in [-0.39, 0.29) is 0 Å². The summed E-state index contributed by atoms with van der Waals surface area (Å²) in [5.74, 6) is 0.291. The summed E-state index contributed by atoms with van der Waals surface area (Å²) in [4.78, 5) is 0. The Hall–Kier alpha value is -1.06. The van der Waals surface area contributed by atoms with Gasteiger partial charge in [-0.15, -0.1) is 0 Å². The third-order valence-corrected chi connectivity index (χ3v) is 3.23. The number of aromatic hydroxyl groups is 1. The fraction of sp³-hybridized carbons (Fsp3) is 0.538. The second kappa shape index (κ2) is 4.85. The molecule has 0 radical (unpaired) electrons. The molecule has 0 spiro atoms. The zero-order valence-corrected chi connectivity index (χ0v) is 9.45. The van der Waals surface area contributed by atoms with Crippen molar-refractivity contribution in [3.8, 4) is 5.75 Å². The Bertz CT molecular complexity index is 346. The molecule has 0 amide bonds. The Morgan fingerprint density at radius 1 is 1.25 bits per heavy atom. The van der Waals surface area contributed by atoms with E-state index in [0.717, 1.165) is 31.2 Å². The number of benzene rings is 1. The molecule has 1 aliphatic rings. The molecule has 0 aliphatic heterocycles. The van der Waals surface area contributed by atoms with Crippen molar-refractivity contribution in [2.24, 2.45) is 0 Å². The van der Waals surface area contributed by atoms with Crippen molar-refractivity contribution in [3.63, 3.8) is 0 Å². The van der Waals surface area contributed by atoms with Crippen molar-refractivity contribution in [1.82, 2.24) is 5.32 Å². The van der Waals surface area contributed by atoms with Crippen LogP contribution in [0.15, 0.2) is 24.3 Å². The minimum Gasteiger partial charge on any atom is -0.508 e. The standard InChI is InChI=1S/C13H19NO2/c15-12-5-3-4-11(8-12)9-14-10-13(16)6-1-2-7-13/h3-5,8,14-16H,1-2,6-7,9-10H2. The highest BCUT2D eigenvalue weighted by molar-refractivity contribution is 5.26. The Balaban J connectivity index is 1.79. The molecule has 2 rings (SSSR count). The molecular formula is C13H19NO2. The minimum absolute atomic E-state index is 0.291. The van der Waals surface area contributed by atoms with Gasteiger partial charge in [0.15, 0.2) is 0 Å². The second-order valence-corrected chi connectivity index (χ2v) is 4.70.